The molecule has 78 valence electrons. The lowest BCUT2D eigenvalue weighted by Crippen LogP contribution is -2.46. The van der Waals surface area contributed by atoms with Crippen LogP contribution in [-0.2, 0) is 0 Å². The Morgan fingerprint density at radius 1 is 1.31 bits per heavy atom. The second kappa shape index (κ2) is 5.54. The Balaban J connectivity index is 2.28. The van der Waals surface area contributed by atoms with Crippen molar-refractivity contribution < 1.29 is 15.3 Å². The van der Waals surface area contributed by atoms with Crippen molar-refractivity contribution in [2.45, 2.75) is 31.4 Å². The summed E-state index contributed by atoms with van der Waals surface area (Å²) in [6.45, 7) is 0.993. The Morgan fingerprint density at radius 2 is 2.00 bits per heavy atom. The van der Waals surface area contributed by atoms with Crippen LogP contribution in [0.1, 0.15) is 19.3 Å². The Labute approximate surface area is 78.8 Å². The molecule has 0 bridgehead atoms. The molecule has 3 N–H and O–H groups in total. The van der Waals surface area contributed by atoms with E-state index in [-0.39, 0.29) is 13.2 Å². The molecule has 1 rings (SSSR count). The summed E-state index contributed by atoms with van der Waals surface area (Å²) in [6.07, 6.45) is 2.87. The largest absolute Gasteiger partial charge is 0.395 e. The second-order valence-corrected chi connectivity index (χ2v) is 3.64. The molecule has 0 aromatic heterocycles. The molecule has 0 saturated heterocycles. The number of aliphatic hydroxyl groups is 3. The first-order valence-electron chi connectivity index (χ1n) is 4.91. The molecule has 4 heteroatoms. The highest BCUT2D eigenvalue weighted by Crippen LogP contribution is 2.24. The second-order valence-electron chi connectivity index (χ2n) is 3.64. The smallest absolute Gasteiger partial charge is 0.0897 e. The lowest BCUT2D eigenvalue weighted by Gasteiger charge is -2.38. The zero-order chi connectivity index (χ0) is 9.68. The van der Waals surface area contributed by atoms with Gasteiger partial charge in [0.05, 0.1) is 19.3 Å². The predicted octanol–water partition coefficient (Wildman–Crippen LogP) is -0.814. The van der Waals surface area contributed by atoms with Crippen molar-refractivity contribution >= 4 is 0 Å². The Bertz CT molecular complexity index is 139. The summed E-state index contributed by atoms with van der Waals surface area (Å²) in [5.41, 5.74) is 0. The molecule has 0 spiro atoms. The summed E-state index contributed by atoms with van der Waals surface area (Å²) < 4.78 is 0. The topological polar surface area (TPSA) is 63.9 Å². The van der Waals surface area contributed by atoms with E-state index in [0.717, 1.165) is 12.8 Å². The van der Waals surface area contributed by atoms with Gasteiger partial charge in [0.1, 0.15) is 0 Å². The monoisotopic (exact) mass is 189 g/mol. The number of aliphatic hydroxyl groups excluding tert-OH is 3. The summed E-state index contributed by atoms with van der Waals surface area (Å²) in [5, 5.41) is 26.7. The molecular formula is C9H19NO3. The van der Waals surface area contributed by atoms with E-state index in [9.17, 15) is 5.11 Å². The average Bonchev–Trinajstić information content (AvgIpc) is 2.01. The van der Waals surface area contributed by atoms with Crippen LogP contribution >= 0.6 is 0 Å². The summed E-state index contributed by atoms with van der Waals surface area (Å²) in [5.74, 6) is 0. The molecule has 0 aliphatic heterocycles. The van der Waals surface area contributed by atoms with Gasteiger partial charge in [0.2, 0.25) is 0 Å². The molecule has 1 saturated carbocycles. The van der Waals surface area contributed by atoms with Crippen LogP contribution in [0, 0.1) is 0 Å². The van der Waals surface area contributed by atoms with Gasteiger partial charge in [-0.3, -0.25) is 4.90 Å². The van der Waals surface area contributed by atoms with Crippen LogP contribution in [0.3, 0.4) is 0 Å². The van der Waals surface area contributed by atoms with Gasteiger partial charge in [0.15, 0.2) is 0 Å². The first-order chi connectivity index (χ1) is 6.27. The highest BCUT2D eigenvalue weighted by Gasteiger charge is 2.25. The fourth-order valence-electron chi connectivity index (χ4n) is 1.63. The normalized spacial score (nSPS) is 20.3. The van der Waals surface area contributed by atoms with Crippen molar-refractivity contribution in [3.8, 4) is 0 Å². The third-order valence-corrected chi connectivity index (χ3v) is 2.63. The van der Waals surface area contributed by atoms with Gasteiger partial charge in [0.25, 0.3) is 0 Å². The molecular weight excluding hydrogens is 170 g/mol. The van der Waals surface area contributed by atoms with E-state index in [1.165, 1.54) is 6.42 Å². The third kappa shape index (κ3) is 3.23. The van der Waals surface area contributed by atoms with Crippen LogP contribution in [0.2, 0.25) is 0 Å². The predicted molar refractivity (Wildman–Crippen MR) is 49.4 cm³/mol. The lowest BCUT2D eigenvalue weighted by atomic mass is 9.91. The van der Waals surface area contributed by atoms with Gasteiger partial charge in [-0.15, -0.1) is 0 Å². The van der Waals surface area contributed by atoms with Crippen LogP contribution in [0.4, 0.5) is 0 Å². The highest BCUT2D eigenvalue weighted by molar-refractivity contribution is 4.81. The van der Waals surface area contributed by atoms with Crippen LogP contribution < -0.4 is 0 Å². The van der Waals surface area contributed by atoms with E-state index in [2.05, 4.69) is 4.90 Å². The van der Waals surface area contributed by atoms with Crippen LogP contribution in [0.25, 0.3) is 0 Å². The SMILES string of the molecule is OCCN(CC(O)CO)C1CCC1. The fourth-order valence-corrected chi connectivity index (χ4v) is 1.63. The zero-order valence-corrected chi connectivity index (χ0v) is 7.89. The van der Waals surface area contributed by atoms with Crippen molar-refractivity contribution in [1.82, 2.24) is 4.90 Å². The maximum Gasteiger partial charge on any atom is 0.0897 e. The third-order valence-electron chi connectivity index (χ3n) is 2.63. The van der Waals surface area contributed by atoms with Gasteiger partial charge in [0, 0.05) is 19.1 Å². The molecule has 1 unspecified atom stereocenters. The number of hydrogen-bond acceptors (Lipinski definition) is 4. The van der Waals surface area contributed by atoms with E-state index in [0.29, 0.717) is 19.1 Å². The standard InChI is InChI=1S/C9H19NO3/c11-5-4-10(6-9(13)7-12)8-2-1-3-8/h8-9,11-13H,1-7H2. The van der Waals surface area contributed by atoms with E-state index >= 15 is 0 Å². The fraction of sp³-hybridized carbons (Fsp3) is 1.00. The lowest BCUT2D eigenvalue weighted by molar-refractivity contribution is 0.0205. The quantitative estimate of drug-likeness (QED) is 0.511. The number of rotatable bonds is 6. The number of hydrogen-bond donors (Lipinski definition) is 3. The van der Waals surface area contributed by atoms with Crippen molar-refractivity contribution in [3.05, 3.63) is 0 Å². The van der Waals surface area contributed by atoms with Gasteiger partial charge in [-0.25, -0.2) is 0 Å². The average molecular weight is 189 g/mol. The summed E-state index contributed by atoms with van der Waals surface area (Å²) in [4.78, 5) is 2.06. The molecule has 13 heavy (non-hydrogen) atoms. The molecule has 1 aliphatic carbocycles. The molecule has 0 heterocycles. The van der Waals surface area contributed by atoms with Crippen molar-refractivity contribution in [1.29, 1.82) is 0 Å². The van der Waals surface area contributed by atoms with Gasteiger partial charge < -0.3 is 15.3 Å². The maximum atomic E-state index is 9.25. The maximum absolute atomic E-state index is 9.25. The summed E-state index contributed by atoms with van der Waals surface area (Å²) in [6, 6.07) is 0.508. The molecule has 1 fully saturated rings. The summed E-state index contributed by atoms with van der Waals surface area (Å²) >= 11 is 0. The summed E-state index contributed by atoms with van der Waals surface area (Å²) in [7, 11) is 0. The first kappa shape index (κ1) is 10.9. The van der Waals surface area contributed by atoms with E-state index in [4.69, 9.17) is 10.2 Å². The van der Waals surface area contributed by atoms with Crippen LogP contribution in [-0.4, -0.2) is 58.7 Å². The molecule has 0 radical (unpaired) electrons. The van der Waals surface area contributed by atoms with Crippen molar-refractivity contribution in [2.75, 3.05) is 26.3 Å². The van der Waals surface area contributed by atoms with Crippen molar-refractivity contribution in [3.63, 3.8) is 0 Å². The van der Waals surface area contributed by atoms with Crippen molar-refractivity contribution in [2.24, 2.45) is 0 Å². The zero-order valence-electron chi connectivity index (χ0n) is 7.89. The van der Waals surface area contributed by atoms with Crippen LogP contribution in [0.15, 0.2) is 0 Å². The van der Waals surface area contributed by atoms with Gasteiger partial charge >= 0.3 is 0 Å². The molecule has 1 atom stereocenters. The Morgan fingerprint density at radius 3 is 2.38 bits per heavy atom. The number of nitrogens with zero attached hydrogens (tertiary/aromatic N) is 1. The first-order valence-corrected chi connectivity index (χ1v) is 4.91. The molecule has 0 aromatic carbocycles. The molecule has 1 aliphatic rings. The molecule has 0 aromatic rings. The Hall–Kier alpha value is -0.160. The Kier molecular flexibility index (Phi) is 4.66. The molecule has 0 amide bonds. The van der Waals surface area contributed by atoms with E-state index in [1.54, 1.807) is 0 Å². The van der Waals surface area contributed by atoms with E-state index in [1.807, 2.05) is 0 Å². The van der Waals surface area contributed by atoms with E-state index < -0.39 is 6.10 Å². The van der Waals surface area contributed by atoms with Gasteiger partial charge in [-0.1, -0.05) is 6.42 Å². The minimum Gasteiger partial charge on any atom is -0.395 e. The minimum absolute atomic E-state index is 0.120. The van der Waals surface area contributed by atoms with Gasteiger partial charge in [-0.2, -0.15) is 0 Å². The van der Waals surface area contributed by atoms with Gasteiger partial charge in [-0.05, 0) is 12.8 Å². The minimum atomic E-state index is -0.674. The highest BCUT2D eigenvalue weighted by atomic mass is 16.3. The molecule has 4 nitrogen and oxygen atoms in total. The van der Waals surface area contributed by atoms with Crippen LogP contribution in [0.5, 0.6) is 0 Å².